The van der Waals surface area contributed by atoms with E-state index < -0.39 is 10.0 Å². The van der Waals surface area contributed by atoms with Gasteiger partial charge >= 0.3 is 0 Å². The number of para-hydroxylation sites is 1. The maximum atomic E-state index is 13.2. The van der Waals surface area contributed by atoms with E-state index in [1.54, 1.807) is 28.6 Å². The van der Waals surface area contributed by atoms with Gasteiger partial charge in [-0.3, -0.25) is 0 Å². The Hall–Kier alpha value is -1.41. The first-order valence-electron chi connectivity index (χ1n) is 10.4. The molecular formula is C23H26BrNO4S. The monoisotopic (exact) mass is 491 g/mol. The Morgan fingerprint density at radius 1 is 1.10 bits per heavy atom. The quantitative estimate of drug-likeness (QED) is 0.606. The number of piperidine rings is 1. The van der Waals surface area contributed by atoms with Gasteiger partial charge in [-0.2, -0.15) is 4.31 Å². The molecule has 5 nitrogen and oxygen atoms in total. The summed E-state index contributed by atoms with van der Waals surface area (Å²) in [6.45, 7) is 5.20. The summed E-state index contributed by atoms with van der Waals surface area (Å²) < 4.78 is 41.8. The van der Waals surface area contributed by atoms with E-state index in [1.807, 2.05) is 18.2 Å². The second-order valence-corrected chi connectivity index (χ2v) is 11.9. The van der Waals surface area contributed by atoms with Crippen LogP contribution in [0.3, 0.4) is 0 Å². The molecule has 3 heterocycles. The molecule has 0 aromatic heterocycles. The minimum atomic E-state index is -3.51. The van der Waals surface area contributed by atoms with Crippen LogP contribution in [0.25, 0.3) is 0 Å². The highest BCUT2D eigenvalue weighted by molar-refractivity contribution is 9.10. The van der Waals surface area contributed by atoms with Crippen molar-refractivity contribution in [2.75, 3.05) is 13.1 Å². The SMILES string of the molecule is CC1(C)Oc2ccccc2[C@@H]2O[C@@H]3CCN(S(=O)(=O)c4ccc(Br)cc4)C[C@H]3C[C@H]21. The van der Waals surface area contributed by atoms with Crippen molar-refractivity contribution in [1.82, 2.24) is 4.31 Å². The van der Waals surface area contributed by atoms with Crippen LogP contribution in [0.15, 0.2) is 57.9 Å². The molecule has 3 aliphatic rings. The molecule has 0 radical (unpaired) electrons. The number of hydrogen-bond acceptors (Lipinski definition) is 4. The molecule has 2 aromatic rings. The Balaban J connectivity index is 1.40. The van der Waals surface area contributed by atoms with Crippen molar-refractivity contribution in [3.63, 3.8) is 0 Å². The molecule has 0 unspecified atom stereocenters. The number of ether oxygens (including phenoxy) is 2. The molecule has 2 fully saturated rings. The van der Waals surface area contributed by atoms with Crippen LogP contribution in [-0.2, 0) is 14.8 Å². The van der Waals surface area contributed by atoms with Crippen molar-refractivity contribution in [1.29, 1.82) is 0 Å². The van der Waals surface area contributed by atoms with Crippen LogP contribution in [0.2, 0.25) is 0 Å². The molecule has 0 saturated carbocycles. The van der Waals surface area contributed by atoms with Gasteiger partial charge < -0.3 is 9.47 Å². The molecule has 0 bridgehead atoms. The number of nitrogens with zero attached hydrogens (tertiary/aromatic N) is 1. The molecule has 4 atom stereocenters. The molecule has 7 heteroatoms. The largest absolute Gasteiger partial charge is 0.487 e. The summed E-state index contributed by atoms with van der Waals surface area (Å²) in [6, 6.07) is 15.0. The summed E-state index contributed by atoms with van der Waals surface area (Å²) in [5.41, 5.74) is 0.752. The van der Waals surface area contributed by atoms with Gasteiger partial charge in [-0.1, -0.05) is 34.1 Å². The van der Waals surface area contributed by atoms with Crippen LogP contribution >= 0.6 is 15.9 Å². The molecule has 5 rings (SSSR count). The number of sulfonamides is 1. The van der Waals surface area contributed by atoms with E-state index in [2.05, 4.69) is 35.8 Å². The molecule has 160 valence electrons. The van der Waals surface area contributed by atoms with E-state index in [0.29, 0.717) is 24.4 Å². The standard InChI is InChI=1S/C23H26BrNO4S/c1-23(2)19-13-15-14-25(30(26,27)17-9-7-16(24)8-10-17)12-11-20(15)28-22(19)18-5-3-4-6-21(18)29-23/h3-10,15,19-20,22H,11-14H2,1-2H3/t15-,19-,20-,22+/m1/s1. The molecule has 30 heavy (non-hydrogen) atoms. The third-order valence-electron chi connectivity index (χ3n) is 6.81. The van der Waals surface area contributed by atoms with Gasteiger partial charge in [0.15, 0.2) is 0 Å². The van der Waals surface area contributed by atoms with Gasteiger partial charge in [-0.15, -0.1) is 0 Å². The normalized spacial score (nSPS) is 30.5. The predicted octanol–water partition coefficient (Wildman–Crippen LogP) is 4.78. The van der Waals surface area contributed by atoms with Crippen molar-refractivity contribution in [3.8, 4) is 5.75 Å². The zero-order valence-corrected chi connectivity index (χ0v) is 19.5. The first-order valence-corrected chi connectivity index (χ1v) is 12.7. The average molecular weight is 492 g/mol. The van der Waals surface area contributed by atoms with Gasteiger partial charge in [0.1, 0.15) is 11.4 Å². The van der Waals surface area contributed by atoms with E-state index in [-0.39, 0.29) is 29.6 Å². The van der Waals surface area contributed by atoms with Crippen LogP contribution in [0.1, 0.15) is 38.4 Å². The first kappa shape index (κ1) is 20.5. The minimum Gasteiger partial charge on any atom is -0.487 e. The lowest BCUT2D eigenvalue weighted by atomic mass is 9.71. The van der Waals surface area contributed by atoms with Gasteiger partial charge in [0.05, 0.1) is 17.1 Å². The zero-order valence-electron chi connectivity index (χ0n) is 17.1. The summed E-state index contributed by atoms with van der Waals surface area (Å²) in [5.74, 6) is 1.25. The van der Waals surface area contributed by atoms with Gasteiger partial charge in [0.2, 0.25) is 10.0 Å². The van der Waals surface area contributed by atoms with Crippen LogP contribution in [0.5, 0.6) is 5.75 Å². The van der Waals surface area contributed by atoms with E-state index in [0.717, 1.165) is 22.2 Å². The Labute approximate surface area is 186 Å². The Morgan fingerprint density at radius 2 is 1.83 bits per heavy atom. The summed E-state index contributed by atoms with van der Waals surface area (Å²) >= 11 is 3.37. The Morgan fingerprint density at radius 3 is 2.60 bits per heavy atom. The molecule has 2 aromatic carbocycles. The predicted molar refractivity (Wildman–Crippen MR) is 118 cm³/mol. The van der Waals surface area contributed by atoms with Gasteiger partial charge in [-0.05, 0) is 62.9 Å². The molecular weight excluding hydrogens is 466 g/mol. The maximum absolute atomic E-state index is 13.2. The van der Waals surface area contributed by atoms with Crippen molar-refractivity contribution in [2.24, 2.45) is 11.8 Å². The Kier molecular flexibility index (Phi) is 5.01. The highest BCUT2D eigenvalue weighted by atomic mass is 79.9. The summed E-state index contributed by atoms with van der Waals surface area (Å²) in [4.78, 5) is 0.342. The fourth-order valence-electron chi connectivity index (χ4n) is 5.20. The van der Waals surface area contributed by atoms with Crippen molar-refractivity contribution in [3.05, 3.63) is 58.6 Å². The summed E-state index contributed by atoms with van der Waals surface area (Å²) in [7, 11) is -3.51. The molecule has 0 spiro atoms. The third-order valence-corrected chi connectivity index (χ3v) is 9.22. The second kappa shape index (κ2) is 7.33. The first-order chi connectivity index (χ1) is 14.3. The fraction of sp³-hybridized carbons (Fsp3) is 0.478. The minimum absolute atomic E-state index is 0.000769. The number of hydrogen-bond donors (Lipinski definition) is 0. The van der Waals surface area contributed by atoms with E-state index in [4.69, 9.17) is 9.47 Å². The molecule has 0 aliphatic carbocycles. The highest BCUT2D eigenvalue weighted by Crippen LogP contribution is 2.53. The summed E-state index contributed by atoms with van der Waals surface area (Å²) in [6.07, 6.45) is 1.68. The maximum Gasteiger partial charge on any atom is 0.243 e. The highest BCUT2D eigenvalue weighted by Gasteiger charge is 2.52. The lowest BCUT2D eigenvalue weighted by Crippen LogP contribution is -2.55. The summed E-state index contributed by atoms with van der Waals surface area (Å²) in [5, 5.41) is 0. The zero-order chi connectivity index (χ0) is 21.1. The van der Waals surface area contributed by atoms with Gasteiger partial charge in [0.25, 0.3) is 0 Å². The van der Waals surface area contributed by atoms with Crippen molar-refractivity contribution < 1.29 is 17.9 Å². The van der Waals surface area contributed by atoms with Gasteiger partial charge in [-0.25, -0.2) is 8.42 Å². The number of benzene rings is 2. The Bertz CT molecular complexity index is 1050. The molecule has 2 saturated heterocycles. The smallest absolute Gasteiger partial charge is 0.243 e. The molecule has 0 N–H and O–H groups in total. The van der Waals surface area contributed by atoms with Crippen LogP contribution < -0.4 is 4.74 Å². The average Bonchev–Trinajstić information content (AvgIpc) is 2.72. The third kappa shape index (κ3) is 3.40. The topological polar surface area (TPSA) is 55.8 Å². The lowest BCUT2D eigenvalue weighted by molar-refractivity contribution is -0.182. The lowest BCUT2D eigenvalue weighted by Gasteiger charge is -2.53. The number of rotatable bonds is 2. The van der Waals surface area contributed by atoms with E-state index in [9.17, 15) is 8.42 Å². The van der Waals surface area contributed by atoms with Crippen LogP contribution in [0.4, 0.5) is 0 Å². The number of halogens is 1. The van der Waals surface area contributed by atoms with Crippen LogP contribution in [0, 0.1) is 11.8 Å². The number of fused-ring (bicyclic) bond motifs is 4. The van der Waals surface area contributed by atoms with Gasteiger partial charge in [0, 0.05) is 29.0 Å². The molecule has 0 amide bonds. The second-order valence-electron chi connectivity index (χ2n) is 9.05. The van der Waals surface area contributed by atoms with E-state index >= 15 is 0 Å². The molecule has 3 aliphatic heterocycles. The van der Waals surface area contributed by atoms with E-state index in [1.165, 1.54) is 0 Å². The van der Waals surface area contributed by atoms with Crippen LogP contribution in [-0.4, -0.2) is 37.5 Å². The van der Waals surface area contributed by atoms with Crippen molar-refractivity contribution in [2.45, 2.75) is 49.4 Å². The fourth-order valence-corrected chi connectivity index (χ4v) is 6.97. The van der Waals surface area contributed by atoms with Crippen molar-refractivity contribution >= 4 is 26.0 Å².